The molecule has 0 bridgehead atoms. The lowest BCUT2D eigenvalue weighted by atomic mass is 9.86. The predicted octanol–water partition coefficient (Wildman–Crippen LogP) is 3.77. The average Bonchev–Trinajstić information content (AvgIpc) is 3.19. The van der Waals surface area contributed by atoms with Gasteiger partial charge < -0.3 is 0 Å². The lowest BCUT2D eigenvalue weighted by molar-refractivity contribution is 0.395. The number of hydrogen-bond donors (Lipinski definition) is 1. The van der Waals surface area contributed by atoms with Crippen molar-refractivity contribution in [1.82, 2.24) is 5.01 Å². The minimum absolute atomic E-state index is 0.109. The van der Waals surface area contributed by atoms with Crippen molar-refractivity contribution < 1.29 is 0 Å². The smallest absolute Gasteiger partial charge is 0.152 e. The van der Waals surface area contributed by atoms with E-state index in [2.05, 4.69) is 49.2 Å². The summed E-state index contributed by atoms with van der Waals surface area (Å²) in [7, 11) is 1.76. The van der Waals surface area contributed by atoms with Gasteiger partial charge in [-0.25, -0.2) is 5.01 Å². The number of amidine groups is 1. The largest absolute Gasteiger partial charge is 0.270 e. The van der Waals surface area contributed by atoms with E-state index in [0.29, 0.717) is 6.04 Å². The first-order valence-electron chi connectivity index (χ1n) is 6.71. The van der Waals surface area contributed by atoms with E-state index in [4.69, 9.17) is 5.53 Å². The third kappa shape index (κ3) is 3.00. The van der Waals surface area contributed by atoms with E-state index in [9.17, 15) is 0 Å². The Morgan fingerprint density at radius 3 is 2.47 bits per heavy atom. The van der Waals surface area contributed by atoms with Gasteiger partial charge in [-0.3, -0.25) is 4.99 Å². The standard InChI is InChI=1S/C15H22N4/c1-15(2,3)12-7-5-6-11(10-12)14(17-4)19(18-16)13-8-9-13/h5-7,10,13,16H,8-9H2,1-4H3. The van der Waals surface area contributed by atoms with Crippen molar-refractivity contribution in [2.75, 3.05) is 7.05 Å². The predicted molar refractivity (Wildman–Crippen MR) is 77.6 cm³/mol. The minimum Gasteiger partial charge on any atom is -0.270 e. The molecule has 0 radical (unpaired) electrons. The van der Waals surface area contributed by atoms with Crippen molar-refractivity contribution in [1.29, 1.82) is 5.53 Å². The minimum atomic E-state index is 0.109. The molecule has 0 spiro atoms. The van der Waals surface area contributed by atoms with Crippen LogP contribution in [0.4, 0.5) is 0 Å². The van der Waals surface area contributed by atoms with Crippen LogP contribution in [0.1, 0.15) is 44.7 Å². The molecule has 1 aliphatic carbocycles. The molecule has 1 aromatic rings. The summed E-state index contributed by atoms with van der Waals surface area (Å²) in [6.07, 6.45) is 2.20. The van der Waals surface area contributed by atoms with Crippen molar-refractivity contribution in [3.8, 4) is 0 Å². The molecule has 0 heterocycles. The summed E-state index contributed by atoms with van der Waals surface area (Å²) in [5.41, 5.74) is 9.78. The van der Waals surface area contributed by atoms with Crippen LogP contribution >= 0.6 is 0 Å². The summed E-state index contributed by atoms with van der Waals surface area (Å²) < 4.78 is 0. The van der Waals surface area contributed by atoms with Crippen molar-refractivity contribution in [2.24, 2.45) is 10.2 Å². The Morgan fingerprint density at radius 2 is 2.00 bits per heavy atom. The quantitative estimate of drug-likeness (QED) is 0.381. The van der Waals surface area contributed by atoms with Gasteiger partial charge >= 0.3 is 0 Å². The van der Waals surface area contributed by atoms with Crippen molar-refractivity contribution >= 4 is 5.84 Å². The van der Waals surface area contributed by atoms with E-state index in [-0.39, 0.29) is 5.41 Å². The maximum atomic E-state index is 7.36. The summed E-state index contributed by atoms with van der Waals surface area (Å²) >= 11 is 0. The van der Waals surface area contributed by atoms with Gasteiger partial charge in [0.05, 0.1) is 6.04 Å². The molecule has 1 fully saturated rings. The van der Waals surface area contributed by atoms with E-state index in [1.807, 2.05) is 6.07 Å². The summed E-state index contributed by atoms with van der Waals surface area (Å²) in [4.78, 5) is 4.34. The summed E-state index contributed by atoms with van der Waals surface area (Å²) in [5.74, 6) is 0.795. The Bertz CT molecular complexity index is 495. The van der Waals surface area contributed by atoms with Crippen LogP contribution in [0.15, 0.2) is 34.5 Å². The van der Waals surface area contributed by atoms with Gasteiger partial charge in [-0.05, 0) is 29.9 Å². The molecule has 0 unspecified atom stereocenters. The SMILES string of the molecule is CN=C(c1cccc(C(C)(C)C)c1)N(N=N)C1CC1. The van der Waals surface area contributed by atoms with Gasteiger partial charge in [0.2, 0.25) is 0 Å². The van der Waals surface area contributed by atoms with Gasteiger partial charge in [0.25, 0.3) is 0 Å². The Morgan fingerprint density at radius 1 is 1.32 bits per heavy atom. The van der Waals surface area contributed by atoms with Gasteiger partial charge in [0.15, 0.2) is 5.84 Å². The van der Waals surface area contributed by atoms with E-state index in [0.717, 1.165) is 24.2 Å². The molecule has 2 rings (SSSR count). The van der Waals surface area contributed by atoms with Crippen LogP contribution in [0.3, 0.4) is 0 Å². The van der Waals surface area contributed by atoms with Crippen LogP contribution in [0.25, 0.3) is 0 Å². The lowest BCUT2D eigenvalue weighted by Gasteiger charge is -2.22. The number of benzene rings is 1. The van der Waals surface area contributed by atoms with Crippen LogP contribution < -0.4 is 0 Å². The fourth-order valence-corrected chi connectivity index (χ4v) is 2.11. The van der Waals surface area contributed by atoms with Crippen LogP contribution in [-0.4, -0.2) is 23.9 Å². The van der Waals surface area contributed by atoms with Crippen molar-refractivity contribution in [3.05, 3.63) is 35.4 Å². The van der Waals surface area contributed by atoms with E-state index in [1.165, 1.54) is 5.56 Å². The second kappa shape index (κ2) is 5.11. The number of nitrogens with zero attached hydrogens (tertiary/aromatic N) is 3. The summed E-state index contributed by atoms with van der Waals surface area (Å²) in [6.45, 7) is 6.59. The van der Waals surface area contributed by atoms with Crippen LogP contribution in [0.5, 0.6) is 0 Å². The third-order valence-electron chi connectivity index (χ3n) is 3.42. The normalized spacial score (nSPS) is 16.3. The van der Waals surface area contributed by atoms with Gasteiger partial charge in [0.1, 0.15) is 0 Å². The average molecular weight is 258 g/mol. The van der Waals surface area contributed by atoms with Crippen molar-refractivity contribution in [3.63, 3.8) is 0 Å². The Hall–Kier alpha value is -1.71. The maximum Gasteiger partial charge on any atom is 0.152 e. The molecule has 0 atom stereocenters. The summed E-state index contributed by atoms with van der Waals surface area (Å²) in [6, 6.07) is 8.74. The van der Waals surface area contributed by atoms with Gasteiger partial charge in [-0.2, -0.15) is 5.53 Å². The molecule has 4 nitrogen and oxygen atoms in total. The van der Waals surface area contributed by atoms with Crippen molar-refractivity contribution in [2.45, 2.75) is 45.1 Å². The Balaban J connectivity index is 2.36. The Labute approximate surface area is 115 Å². The molecule has 1 aliphatic rings. The first kappa shape index (κ1) is 13.7. The van der Waals surface area contributed by atoms with E-state index >= 15 is 0 Å². The zero-order valence-corrected chi connectivity index (χ0v) is 12.1. The molecule has 19 heavy (non-hydrogen) atoms. The summed E-state index contributed by atoms with van der Waals surface area (Å²) in [5, 5.41) is 5.38. The first-order valence-corrected chi connectivity index (χ1v) is 6.71. The topological polar surface area (TPSA) is 51.8 Å². The second-order valence-corrected chi connectivity index (χ2v) is 6.05. The molecule has 0 saturated heterocycles. The molecule has 1 saturated carbocycles. The molecule has 102 valence electrons. The van der Waals surface area contributed by atoms with Gasteiger partial charge in [-0.15, -0.1) is 0 Å². The highest BCUT2D eigenvalue weighted by molar-refractivity contribution is 5.99. The molecular weight excluding hydrogens is 236 g/mol. The zero-order valence-electron chi connectivity index (χ0n) is 12.1. The zero-order chi connectivity index (χ0) is 14.0. The molecule has 1 N–H and O–H groups in total. The fraction of sp³-hybridized carbons (Fsp3) is 0.533. The maximum absolute atomic E-state index is 7.36. The number of rotatable bonds is 3. The van der Waals surface area contributed by atoms with E-state index < -0.39 is 0 Å². The molecule has 0 amide bonds. The molecule has 0 aliphatic heterocycles. The van der Waals surface area contributed by atoms with E-state index in [1.54, 1.807) is 12.1 Å². The van der Waals surface area contributed by atoms with Gasteiger partial charge in [-0.1, -0.05) is 44.2 Å². The number of nitrogens with one attached hydrogen (secondary N) is 1. The lowest BCUT2D eigenvalue weighted by Crippen LogP contribution is -2.28. The Kier molecular flexibility index (Phi) is 3.69. The van der Waals surface area contributed by atoms with Crippen LogP contribution in [-0.2, 0) is 5.41 Å². The number of hydrogen-bond acceptors (Lipinski definition) is 3. The first-order chi connectivity index (χ1) is 8.97. The third-order valence-corrected chi connectivity index (χ3v) is 3.42. The number of aliphatic imine (C=N–C) groups is 1. The van der Waals surface area contributed by atoms with Crippen LogP contribution in [0, 0.1) is 5.53 Å². The van der Waals surface area contributed by atoms with Gasteiger partial charge in [0, 0.05) is 12.6 Å². The molecule has 4 heteroatoms. The highest BCUT2D eigenvalue weighted by atomic mass is 15.6. The fourth-order valence-electron chi connectivity index (χ4n) is 2.11. The molecular formula is C15H22N4. The second-order valence-electron chi connectivity index (χ2n) is 6.05. The highest BCUT2D eigenvalue weighted by Crippen LogP contribution is 2.30. The van der Waals surface area contributed by atoms with Crippen LogP contribution in [0.2, 0.25) is 0 Å². The molecule has 1 aromatic carbocycles. The monoisotopic (exact) mass is 258 g/mol. The highest BCUT2D eigenvalue weighted by Gasteiger charge is 2.32. The molecule has 0 aromatic heterocycles.